The van der Waals surface area contributed by atoms with Gasteiger partial charge in [-0.15, -0.1) is 27.8 Å². The van der Waals surface area contributed by atoms with Crippen molar-refractivity contribution in [2.45, 2.75) is 25.2 Å². The fourth-order valence-corrected chi connectivity index (χ4v) is 5.91. The van der Waals surface area contributed by atoms with Crippen LogP contribution in [-0.2, 0) is 23.5 Å². The molecule has 0 aliphatic rings. The SMILES string of the molecule is Cc1nn(C)c(C)c1S(=O)(=O)NCCc1csc2nc(-c3cccs3)nn12. The topological polar surface area (TPSA) is 94.2 Å². The minimum Gasteiger partial charge on any atom is -0.271 e. The van der Waals surface area contributed by atoms with Crippen molar-refractivity contribution in [1.29, 1.82) is 0 Å². The first-order valence-corrected chi connectivity index (χ1v) is 11.5. The summed E-state index contributed by atoms with van der Waals surface area (Å²) in [4.78, 5) is 6.60. The van der Waals surface area contributed by atoms with Crippen LogP contribution in [0.3, 0.4) is 0 Å². The molecule has 0 saturated heterocycles. The van der Waals surface area contributed by atoms with Crippen LogP contribution < -0.4 is 4.72 Å². The van der Waals surface area contributed by atoms with Crippen molar-refractivity contribution in [3.63, 3.8) is 0 Å². The number of aryl methyl sites for hydroxylation is 2. The molecule has 142 valence electrons. The number of aromatic nitrogens is 5. The summed E-state index contributed by atoms with van der Waals surface area (Å²) in [5.74, 6) is 0.695. The van der Waals surface area contributed by atoms with E-state index in [-0.39, 0.29) is 11.4 Å². The molecule has 11 heteroatoms. The van der Waals surface area contributed by atoms with E-state index in [1.165, 1.54) is 11.3 Å². The smallest absolute Gasteiger partial charge is 0.244 e. The first kappa shape index (κ1) is 18.3. The zero-order chi connectivity index (χ0) is 19.2. The lowest BCUT2D eigenvalue weighted by atomic mass is 10.3. The molecular formula is C16H18N6O2S3. The second-order valence-corrected chi connectivity index (χ2v) is 9.59. The van der Waals surface area contributed by atoms with E-state index in [2.05, 4.69) is 19.9 Å². The zero-order valence-electron chi connectivity index (χ0n) is 15.0. The van der Waals surface area contributed by atoms with Gasteiger partial charge in [0.05, 0.1) is 22.0 Å². The monoisotopic (exact) mass is 422 g/mol. The van der Waals surface area contributed by atoms with Crippen LogP contribution in [0.1, 0.15) is 17.1 Å². The second-order valence-electron chi connectivity index (χ2n) is 6.11. The Bertz CT molecular complexity index is 1200. The Morgan fingerprint density at radius 1 is 1.22 bits per heavy atom. The van der Waals surface area contributed by atoms with E-state index in [0.29, 0.717) is 23.6 Å². The molecule has 4 heterocycles. The Morgan fingerprint density at radius 2 is 2.04 bits per heavy atom. The van der Waals surface area contributed by atoms with E-state index in [1.54, 1.807) is 41.4 Å². The molecule has 8 nitrogen and oxygen atoms in total. The van der Waals surface area contributed by atoms with Gasteiger partial charge in [0.15, 0.2) is 5.82 Å². The number of hydrogen-bond donors (Lipinski definition) is 1. The standard InChI is InChI=1S/C16H18N6O2S3/c1-10-14(11(2)21(3)19-10)27(23,24)17-7-6-12-9-26-16-18-15(20-22(12)16)13-5-4-8-25-13/h4-5,8-9,17H,6-7H2,1-3H3. The first-order chi connectivity index (χ1) is 12.9. The number of hydrogen-bond acceptors (Lipinski definition) is 7. The molecule has 27 heavy (non-hydrogen) atoms. The van der Waals surface area contributed by atoms with Crippen molar-refractivity contribution in [2.75, 3.05) is 6.54 Å². The van der Waals surface area contributed by atoms with Crippen molar-refractivity contribution in [3.8, 4) is 10.7 Å². The maximum Gasteiger partial charge on any atom is 0.244 e. The number of rotatable bonds is 6. The van der Waals surface area contributed by atoms with Gasteiger partial charge in [0, 0.05) is 25.4 Å². The molecule has 4 rings (SSSR count). The van der Waals surface area contributed by atoms with Crippen molar-refractivity contribution >= 4 is 37.7 Å². The maximum absolute atomic E-state index is 12.6. The second kappa shape index (κ2) is 6.82. The van der Waals surface area contributed by atoms with Gasteiger partial charge in [-0.1, -0.05) is 6.07 Å². The lowest BCUT2D eigenvalue weighted by Crippen LogP contribution is -2.27. The Balaban J connectivity index is 1.50. The number of nitrogens with one attached hydrogen (secondary N) is 1. The van der Waals surface area contributed by atoms with Crippen molar-refractivity contribution in [1.82, 2.24) is 29.1 Å². The molecule has 0 fully saturated rings. The summed E-state index contributed by atoms with van der Waals surface area (Å²) < 4.78 is 31.3. The third-order valence-corrected chi connectivity index (χ3v) is 7.72. The summed E-state index contributed by atoms with van der Waals surface area (Å²) in [7, 11) is -1.88. The van der Waals surface area contributed by atoms with Gasteiger partial charge >= 0.3 is 0 Å². The van der Waals surface area contributed by atoms with E-state index in [4.69, 9.17) is 0 Å². The Hall–Kier alpha value is -2.08. The number of fused-ring (bicyclic) bond motifs is 1. The molecule has 0 bridgehead atoms. The Labute approximate surface area is 164 Å². The molecule has 4 aromatic rings. The van der Waals surface area contributed by atoms with E-state index < -0.39 is 10.0 Å². The van der Waals surface area contributed by atoms with Crippen LogP contribution in [0.4, 0.5) is 0 Å². The molecule has 0 aromatic carbocycles. The third-order valence-electron chi connectivity index (χ3n) is 4.28. The molecule has 0 amide bonds. The summed E-state index contributed by atoms with van der Waals surface area (Å²) in [6.07, 6.45) is 0.519. The molecular weight excluding hydrogens is 404 g/mol. The van der Waals surface area contributed by atoms with Gasteiger partial charge in [-0.05, 0) is 25.3 Å². The van der Waals surface area contributed by atoms with Crippen LogP contribution >= 0.6 is 22.7 Å². The molecule has 0 radical (unpaired) electrons. The average molecular weight is 423 g/mol. The quantitative estimate of drug-likeness (QED) is 0.515. The third kappa shape index (κ3) is 3.31. The van der Waals surface area contributed by atoms with E-state index in [0.717, 1.165) is 15.5 Å². The average Bonchev–Trinajstić information content (AvgIpc) is 3.34. The Morgan fingerprint density at radius 3 is 2.70 bits per heavy atom. The van der Waals surface area contributed by atoms with Gasteiger partial charge in [0.25, 0.3) is 0 Å². The van der Waals surface area contributed by atoms with Crippen molar-refractivity contribution in [3.05, 3.63) is 40.0 Å². The molecule has 0 atom stereocenters. The highest BCUT2D eigenvalue weighted by molar-refractivity contribution is 7.89. The summed E-state index contributed by atoms with van der Waals surface area (Å²) in [6, 6.07) is 3.95. The van der Waals surface area contributed by atoms with Crippen LogP contribution in [0.2, 0.25) is 0 Å². The van der Waals surface area contributed by atoms with Crippen molar-refractivity contribution < 1.29 is 8.42 Å². The summed E-state index contributed by atoms with van der Waals surface area (Å²) in [5.41, 5.74) is 2.04. The summed E-state index contributed by atoms with van der Waals surface area (Å²) >= 11 is 3.09. The molecule has 0 aliphatic heterocycles. The summed E-state index contributed by atoms with van der Waals surface area (Å²) in [6.45, 7) is 3.72. The van der Waals surface area contributed by atoms with Gasteiger partial charge in [-0.2, -0.15) is 10.1 Å². The fourth-order valence-electron chi connectivity index (χ4n) is 2.94. The van der Waals surface area contributed by atoms with Gasteiger partial charge in [-0.25, -0.2) is 17.7 Å². The van der Waals surface area contributed by atoms with Crippen LogP contribution in [0, 0.1) is 13.8 Å². The molecule has 0 aliphatic carbocycles. The van der Waals surface area contributed by atoms with E-state index >= 15 is 0 Å². The van der Waals surface area contributed by atoms with Gasteiger partial charge in [0.1, 0.15) is 4.90 Å². The number of thiophene rings is 1. The zero-order valence-corrected chi connectivity index (χ0v) is 17.5. The van der Waals surface area contributed by atoms with Gasteiger partial charge < -0.3 is 0 Å². The molecule has 0 unspecified atom stereocenters. The maximum atomic E-state index is 12.6. The van der Waals surface area contributed by atoms with Crippen LogP contribution in [0.25, 0.3) is 15.7 Å². The van der Waals surface area contributed by atoms with E-state index in [1.807, 2.05) is 22.9 Å². The predicted molar refractivity (Wildman–Crippen MR) is 106 cm³/mol. The highest BCUT2D eigenvalue weighted by atomic mass is 32.2. The molecule has 1 N–H and O–H groups in total. The molecule has 0 saturated carbocycles. The minimum atomic E-state index is -3.61. The fraction of sp³-hybridized carbons (Fsp3) is 0.312. The van der Waals surface area contributed by atoms with Crippen molar-refractivity contribution in [2.24, 2.45) is 7.05 Å². The highest BCUT2D eigenvalue weighted by Crippen LogP contribution is 2.24. The number of nitrogens with zero attached hydrogens (tertiary/aromatic N) is 5. The molecule has 4 aromatic heterocycles. The van der Waals surface area contributed by atoms with E-state index in [9.17, 15) is 8.42 Å². The normalized spacial score (nSPS) is 12.3. The lowest BCUT2D eigenvalue weighted by Gasteiger charge is -2.06. The molecule has 0 spiro atoms. The van der Waals surface area contributed by atoms with Gasteiger partial charge in [0.2, 0.25) is 15.0 Å². The largest absolute Gasteiger partial charge is 0.271 e. The number of sulfonamides is 1. The predicted octanol–water partition coefficient (Wildman–Crippen LogP) is 2.39. The summed E-state index contributed by atoms with van der Waals surface area (Å²) in [5, 5.41) is 12.7. The van der Waals surface area contributed by atoms with Crippen LogP contribution in [0.5, 0.6) is 0 Å². The Kier molecular flexibility index (Phi) is 4.62. The lowest BCUT2D eigenvalue weighted by molar-refractivity contribution is 0.579. The van der Waals surface area contributed by atoms with Crippen LogP contribution in [-0.4, -0.2) is 39.3 Å². The van der Waals surface area contributed by atoms with Gasteiger partial charge in [-0.3, -0.25) is 4.68 Å². The van der Waals surface area contributed by atoms with Crippen LogP contribution in [0.15, 0.2) is 27.8 Å². The highest BCUT2D eigenvalue weighted by Gasteiger charge is 2.23. The minimum absolute atomic E-state index is 0.251. The number of thiazole rings is 1. The first-order valence-electron chi connectivity index (χ1n) is 8.23.